The van der Waals surface area contributed by atoms with Crippen LogP contribution in [0.2, 0.25) is 0 Å². The van der Waals surface area contributed by atoms with E-state index in [0.29, 0.717) is 0 Å². The number of ketones is 1. The van der Waals surface area contributed by atoms with Gasteiger partial charge in [0.2, 0.25) is 0 Å². The van der Waals surface area contributed by atoms with E-state index in [9.17, 15) is 4.79 Å². The second-order valence-corrected chi connectivity index (χ2v) is 3.12. The molecular weight excluding hydrogens is 172 g/mol. The molecule has 0 aliphatic rings. The molecule has 1 aromatic carbocycles. The molecule has 0 N–H and O–H groups in total. The van der Waals surface area contributed by atoms with Crippen molar-refractivity contribution in [3.63, 3.8) is 0 Å². The summed E-state index contributed by atoms with van der Waals surface area (Å²) < 4.78 is 0. The molecule has 0 unspecified atom stereocenters. The molecule has 0 atom stereocenters. The van der Waals surface area contributed by atoms with Gasteiger partial charge in [0.25, 0.3) is 0 Å². The minimum Gasteiger partial charge on any atom is -0.289 e. The summed E-state index contributed by atoms with van der Waals surface area (Å²) in [4.78, 5) is 11.6. The van der Waals surface area contributed by atoms with E-state index in [1.54, 1.807) is 6.08 Å². The van der Waals surface area contributed by atoms with Gasteiger partial charge in [0.05, 0.1) is 0 Å². The Kier molecular flexibility index (Phi) is 3.86. The molecule has 1 aromatic rings. The Labute approximate surface area is 84.8 Å². The van der Waals surface area contributed by atoms with Crippen LogP contribution in [0.25, 0.3) is 0 Å². The van der Waals surface area contributed by atoms with Crippen molar-refractivity contribution in [3.8, 4) is 0 Å². The van der Waals surface area contributed by atoms with Crippen molar-refractivity contribution in [1.82, 2.24) is 0 Å². The van der Waals surface area contributed by atoms with E-state index in [1.165, 1.54) is 0 Å². The van der Waals surface area contributed by atoms with Crippen LogP contribution < -0.4 is 0 Å². The Morgan fingerprint density at radius 1 is 1.21 bits per heavy atom. The first kappa shape index (κ1) is 10.5. The Balaban J connectivity index is 2.83. The maximum absolute atomic E-state index is 11.6. The highest BCUT2D eigenvalue weighted by molar-refractivity contribution is 6.05. The number of carbonyl (C=O) groups is 1. The van der Waals surface area contributed by atoms with Crippen LogP contribution in [0.15, 0.2) is 54.1 Å². The standard InChI is InChI=1S/C13H14O/c1-3-7-11(2)10-13(14)12-8-5-4-6-9-12/h3-10H,1-2H3. The lowest BCUT2D eigenvalue weighted by Gasteiger charge is -1.95. The average Bonchev–Trinajstić information content (AvgIpc) is 2.19. The van der Waals surface area contributed by atoms with Gasteiger partial charge in [-0.05, 0) is 25.5 Å². The number of hydrogen-bond acceptors (Lipinski definition) is 1. The topological polar surface area (TPSA) is 17.1 Å². The third-order valence-electron chi connectivity index (χ3n) is 1.85. The summed E-state index contributed by atoms with van der Waals surface area (Å²) in [6.07, 6.45) is 5.49. The van der Waals surface area contributed by atoms with E-state index in [1.807, 2.05) is 56.3 Å². The largest absolute Gasteiger partial charge is 0.289 e. The van der Waals surface area contributed by atoms with Crippen molar-refractivity contribution < 1.29 is 4.79 Å². The van der Waals surface area contributed by atoms with Crippen LogP contribution in [0, 0.1) is 0 Å². The summed E-state index contributed by atoms with van der Waals surface area (Å²) in [5, 5.41) is 0. The van der Waals surface area contributed by atoms with Gasteiger partial charge in [-0.1, -0.05) is 42.5 Å². The van der Waals surface area contributed by atoms with Gasteiger partial charge in [-0.25, -0.2) is 0 Å². The highest BCUT2D eigenvalue weighted by Gasteiger charge is 1.99. The fourth-order valence-electron chi connectivity index (χ4n) is 1.20. The second kappa shape index (κ2) is 5.18. The van der Waals surface area contributed by atoms with Crippen LogP contribution in [-0.4, -0.2) is 5.78 Å². The van der Waals surface area contributed by atoms with Crippen molar-refractivity contribution in [2.75, 3.05) is 0 Å². The molecule has 1 heteroatoms. The highest BCUT2D eigenvalue weighted by atomic mass is 16.1. The van der Waals surface area contributed by atoms with Crippen molar-refractivity contribution in [3.05, 3.63) is 59.7 Å². The van der Waals surface area contributed by atoms with E-state index < -0.39 is 0 Å². The van der Waals surface area contributed by atoms with Crippen LogP contribution in [-0.2, 0) is 0 Å². The zero-order chi connectivity index (χ0) is 10.4. The van der Waals surface area contributed by atoms with E-state index in [2.05, 4.69) is 0 Å². The lowest BCUT2D eigenvalue weighted by Crippen LogP contribution is -1.94. The molecule has 0 fully saturated rings. The quantitative estimate of drug-likeness (QED) is 0.401. The summed E-state index contributed by atoms with van der Waals surface area (Å²) in [7, 11) is 0. The predicted molar refractivity (Wildman–Crippen MR) is 59.3 cm³/mol. The van der Waals surface area contributed by atoms with Crippen molar-refractivity contribution in [2.45, 2.75) is 13.8 Å². The Morgan fingerprint density at radius 3 is 2.43 bits per heavy atom. The molecule has 0 aromatic heterocycles. The third kappa shape index (κ3) is 3.02. The van der Waals surface area contributed by atoms with Gasteiger partial charge >= 0.3 is 0 Å². The Morgan fingerprint density at radius 2 is 1.86 bits per heavy atom. The number of hydrogen-bond donors (Lipinski definition) is 0. The summed E-state index contributed by atoms with van der Waals surface area (Å²) in [6.45, 7) is 3.85. The molecule has 0 heterocycles. The van der Waals surface area contributed by atoms with Crippen LogP contribution in [0.5, 0.6) is 0 Å². The number of benzene rings is 1. The first-order valence-corrected chi connectivity index (χ1v) is 4.64. The molecule has 1 nitrogen and oxygen atoms in total. The average molecular weight is 186 g/mol. The summed E-state index contributed by atoms with van der Waals surface area (Å²) >= 11 is 0. The molecule has 0 saturated carbocycles. The zero-order valence-electron chi connectivity index (χ0n) is 8.53. The molecule has 1 rings (SSSR count). The van der Waals surface area contributed by atoms with E-state index >= 15 is 0 Å². The van der Waals surface area contributed by atoms with Crippen LogP contribution in [0.3, 0.4) is 0 Å². The van der Waals surface area contributed by atoms with Gasteiger partial charge in [0.1, 0.15) is 0 Å². The summed E-state index contributed by atoms with van der Waals surface area (Å²) in [5.41, 5.74) is 1.71. The molecule has 0 saturated heterocycles. The lowest BCUT2D eigenvalue weighted by molar-refractivity contribution is 0.104. The second-order valence-electron chi connectivity index (χ2n) is 3.12. The third-order valence-corrected chi connectivity index (χ3v) is 1.85. The van der Waals surface area contributed by atoms with Gasteiger partial charge < -0.3 is 0 Å². The maximum Gasteiger partial charge on any atom is 0.186 e. The first-order valence-electron chi connectivity index (χ1n) is 4.64. The van der Waals surface area contributed by atoms with Gasteiger partial charge in [0, 0.05) is 5.56 Å². The molecule has 72 valence electrons. The van der Waals surface area contributed by atoms with Crippen LogP contribution >= 0.6 is 0 Å². The molecule has 0 amide bonds. The smallest absolute Gasteiger partial charge is 0.186 e. The zero-order valence-corrected chi connectivity index (χ0v) is 8.53. The van der Waals surface area contributed by atoms with E-state index in [4.69, 9.17) is 0 Å². The van der Waals surface area contributed by atoms with Crippen molar-refractivity contribution in [1.29, 1.82) is 0 Å². The SMILES string of the molecule is CC=CC(C)=CC(=O)c1ccccc1. The summed E-state index contributed by atoms with van der Waals surface area (Å²) in [5.74, 6) is 0.0567. The first-order chi connectivity index (χ1) is 6.74. The number of rotatable bonds is 3. The minimum absolute atomic E-state index is 0.0567. The fourth-order valence-corrected chi connectivity index (χ4v) is 1.20. The Bertz CT molecular complexity index is 358. The molecule has 0 aliphatic heterocycles. The molecule has 0 aliphatic carbocycles. The predicted octanol–water partition coefficient (Wildman–Crippen LogP) is 3.39. The van der Waals surface area contributed by atoms with Crippen LogP contribution in [0.4, 0.5) is 0 Å². The minimum atomic E-state index is 0.0567. The molecule has 0 bridgehead atoms. The normalized spacial score (nSPS) is 12.0. The summed E-state index contributed by atoms with van der Waals surface area (Å²) in [6, 6.07) is 9.28. The molecule has 0 spiro atoms. The number of carbonyl (C=O) groups excluding carboxylic acids is 1. The van der Waals surface area contributed by atoms with E-state index in [-0.39, 0.29) is 5.78 Å². The van der Waals surface area contributed by atoms with Crippen molar-refractivity contribution in [2.24, 2.45) is 0 Å². The van der Waals surface area contributed by atoms with Gasteiger partial charge in [-0.2, -0.15) is 0 Å². The maximum atomic E-state index is 11.6. The monoisotopic (exact) mass is 186 g/mol. The van der Waals surface area contributed by atoms with E-state index in [0.717, 1.165) is 11.1 Å². The molecule has 0 radical (unpaired) electrons. The lowest BCUT2D eigenvalue weighted by atomic mass is 10.1. The Hall–Kier alpha value is -1.63. The highest BCUT2D eigenvalue weighted by Crippen LogP contribution is 2.04. The van der Waals surface area contributed by atoms with Gasteiger partial charge in [-0.15, -0.1) is 0 Å². The van der Waals surface area contributed by atoms with Gasteiger partial charge in [-0.3, -0.25) is 4.79 Å². The molecular formula is C13H14O. The molecule has 14 heavy (non-hydrogen) atoms. The fraction of sp³-hybridized carbons (Fsp3) is 0.154. The van der Waals surface area contributed by atoms with Gasteiger partial charge in [0.15, 0.2) is 5.78 Å². The van der Waals surface area contributed by atoms with Crippen molar-refractivity contribution >= 4 is 5.78 Å². The van der Waals surface area contributed by atoms with Crippen LogP contribution in [0.1, 0.15) is 24.2 Å². The number of allylic oxidation sites excluding steroid dienone is 4.